The van der Waals surface area contributed by atoms with E-state index in [-0.39, 0.29) is 0 Å². The highest BCUT2D eigenvalue weighted by atomic mass is 35.5. The molecule has 1 aliphatic rings. The SMILES string of the molecule is CC(C)NCc1c(Cl)cccc1N(C)CC1CC1. The van der Waals surface area contributed by atoms with E-state index in [0.717, 1.165) is 24.0 Å². The van der Waals surface area contributed by atoms with Crippen molar-refractivity contribution in [1.82, 2.24) is 5.32 Å². The lowest BCUT2D eigenvalue weighted by Crippen LogP contribution is -2.26. The summed E-state index contributed by atoms with van der Waals surface area (Å²) >= 11 is 6.34. The van der Waals surface area contributed by atoms with Crippen LogP contribution in [0, 0.1) is 5.92 Å². The highest BCUT2D eigenvalue weighted by molar-refractivity contribution is 6.31. The minimum Gasteiger partial charge on any atom is -0.374 e. The molecule has 0 atom stereocenters. The largest absolute Gasteiger partial charge is 0.374 e. The van der Waals surface area contributed by atoms with Crippen LogP contribution in [0.1, 0.15) is 32.3 Å². The van der Waals surface area contributed by atoms with E-state index in [4.69, 9.17) is 11.6 Å². The molecule has 1 aromatic rings. The highest BCUT2D eigenvalue weighted by Gasteiger charge is 2.24. The molecule has 0 bridgehead atoms. The van der Waals surface area contributed by atoms with Crippen molar-refractivity contribution in [2.75, 3.05) is 18.5 Å². The predicted molar refractivity (Wildman–Crippen MR) is 79.4 cm³/mol. The third-order valence-corrected chi connectivity index (χ3v) is 3.78. The van der Waals surface area contributed by atoms with Gasteiger partial charge in [-0.3, -0.25) is 0 Å². The van der Waals surface area contributed by atoms with Crippen molar-refractivity contribution in [3.63, 3.8) is 0 Å². The molecule has 1 aromatic carbocycles. The van der Waals surface area contributed by atoms with Crippen LogP contribution in [0.5, 0.6) is 0 Å². The maximum Gasteiger partial charge on any atom is 0.0471 e. The van der Waals surface area contributed by atoms with Crippen molar-refractivity contribution in [2.45, 2.75) is 39.3 Å². The second kappa shape index (κ2) is 5.94. The first-order chi connectivity index (χ1) is 8.58. The highest BCUT2D eigenvalue weighted by Crippen LogP contribution is 2.33. The Labute approximate surface area is 115 Å². The summed E-state index contributed by atoms with van der Waals surface area (Å²) in [6, 6.07) is 6.67. The van der Waals surface area contributed by atoms with Crippen LogP contribution in [-0.4, -0.2) is 19.6 Å². The number of rotatable bonds is 6. The summed E-state index contributed by atoms with van der Waals surface area (Å²) in [4.78, 5) is 2.35. The fourth-order valence-electron chi connectivity index (χ4n) is 2.17. The first-order valence-electron chi connectivity index (χ1n) is 6.80. The Bertz CT molecular complexity index is 399. The summed E-state index contributed by atoms with van der Waals surface area (Å²) in [5, 5.41) is 4.32. The van der Waals surface area contributed by atoms with Crippen LogP contribution in [0.2, 0.25) is 5.02 Å². The molecule has 0 unspecified atom stereocenters. The lowest BCUT2D eigenvalue weighted by molar-refractivity contribution is 0.588. The van der Waals surface area contributed by atoms with Gasteiger partial charge in [0.15, 0.2) is 0 Å². The van der Waals surface area contributed by atoms with E-state index < -0.39 is 0 Å². The van der Waals surface area contributed by atoms with Crippen LogP contribution in [0.25, 0.3) is 0 Å². The third kappa shape index (κ3) is 3.63. The first kappa shape index (κ1) is 13.7. The first-order valence-corrected chi connectivity index (χ1v) is 7.17. The van der Waals surface area contributed by atoms with Gasteiger partial charge in [-0.1, -0.05) is 31.5 Å². The molecule has 0 aliphatic heterocycles. The Morgan fingerprint density at radius 2 is 2.11 bits per heavy atom. The molecule has 0 aromatic heterocycles. The monoisotopic (exact) mass is 266 g/mol. The molecule has 1 aliphatic carbocycles. The summed E-state index contributed by atoms with van der Waals surface area (Å²) in [5.41, 5.74) is 2.48. The number of nitrogens with one attached hydrogen (secondary N) is 1. The molecule has 0 amide bonds. The van der Waals surface area contributed by atoms with Crippen molar-refractivity contribution < 1.29 is 0 Å². The number of hydrogen-bond donors (Lipinski definition) is 1. The van der Waals surface area contributed by atoms with Gasteiger partial charge in [-0.25, -0.2) is 0 Å². The quantitative estimate of drug-likeness (QED) is 0.845. The number of anilines is 1. The number of hydrogen-bond acceptors (Lipinski definition) is 2. The van der Waals surface area contributed by atoms with Crippen LogP contribution in [-0.2, 0) is 6.54 Å². The predicted octanol–water partition coefficient (Wildman–Crippen LogP) is 3.68. The van der Waals surface area contributed by atoms with E-state index in [0.29, 0.717) is 6.04 Å². The number of benzene rings is 1. The molecule has 1 saturated carbocycles. The molecular weight excluding hydrogens is 244 g/mol. The van der Waals surface area contributed by atoms with Crippen LogP contribution in [0.4, 0.5) is 5.69 Å². The Morgan fingerprint density at radius 1 is 1.39 bits per heavy atom. The summed E-state index contributed by atoms with van der Waals surface area (Å²) in [7, 11) is 2.17. The Hall–Kier alpha value is -0.730. The molecule has 0 radical (unpaired) electrons. The average molecular weight is 267 g/mol. The van der Waals surface area contributed by atoms with Crippen LogP contribution >= 0.6 is 11.6 Å². The lowest BCUT2D eigenvalue weighted by Gasteiger charge is -2.24. The standard InChI is InChI=1S/C15H23ClN2/c1-11(2)17-9-13-14(16)5-4-6-15(13)18(3)10-12-7-8-12/h4-6,11-12,17H,7-10H2,1-3H3. The maximum atomic E-state index is 6.34. The molecular formula is C15H23ClN2. The van der Waals surface area contributed by atoms with Gasteiger partial charge in [-0.15, -0.1) is 0 Å². The normalized spacial score (nSPS) is 15.2. The van der Waals surface area contributed by atoms with Crippen molar-refractivity contribution in [1.29, 1.82) is 0 Å². The minimum absolute atomic E-state index is 0.475. The molecule has 2 nitrogen and oxygen atoms in total. The zero-order chi connectivity index (χ0) is 13.1. The lowest BCUT2D eigenvalue weighted by atomic mass is 10.1. The van der Waals surface area contributed by atoms with Crippen molar-refractivity contribution in [3.05, 3.63) is 28.8 Å². The van der Waals surface area contributed by atoms with E-state index in [2.05, 4.69) is 37.2 Å². The summed E-state index contributed by atoms with van der Waals surface area (Å²) in [5.74, 6) is 0.889. The summed E-state index contributed by atoms with van der Waals surface area (Å²) in [6.45, 7) is 6.30. The van der Waals surface area contributed by atoms with E-state index >= 15 is 0 Å². The smallest absolute Gasteiger partial charge is 0.0471 e. The van der Waals surface area contributed by atoms with Gasteiger partial charge in [0.2, 0.25) is 0 Å². The minimum atomic E-state index is 0.475. The molecule has 2 rings (SSSR count). The Kier molecular flexibility index (Phi) is 4.52. The number of nitrogens with zero attached hydrogens (tertiary/aromatic N) is 1. The van der Waals surface area contributed by atoms with Gasteiger partial charge >= 0.3 is 0 Å². The van der Waals surface area contributed by atoms with Gasteiger partial charge in [-0.05, 0) is 30.9 Å². The second-order valence-electron chi connectivity index (χ2n) is 5.60. The topological polar surface area (TPSA) is 15.3 Å². The molecule has 1 N–H and O–H groups in total. The fraction of sp³-hybridized carbons (Fsp3) is 0.600. The van der Waals surface area contributed by atoms with Crippen molar-refractivity contribution >= 4 is 17.3 Å². The Morgan fingerprint density at radius 3 is 2.72 bits per heavy atom. The zero-order valence-corrected chi connectivity index (χ0v) is 12.3. The van der Waals surface area contributed by atoms with Gasteiger partial charge in [0, 0.05) is 42.5 Å². The maximum absolute atomic E-state index is 6.34. The van der Waals surface area contributed by atoms with E-state index in [1.54, 1.807) is 0 Å². The molecule has 1 fully saturated rings. The average Bonchev–Trinajstić information content (AvgIpc) is 3.10. The van der Waals surface area contributed by atoms with E-state index in [1.165, 1.54) is 24.1 Å². The fourth-order valence-corrected chi connectivity index (χ4v) is 2.41. The zero-order valence-electron chi connectivity index (χ0n) is 11.5. The van der Waals surface area contributed by atoms with Gasteiger partial charge in [0.1, 0.15) is 0 Å². The van der Waals surface area contributed by atoms with Crippen LogP contribution in [0.15, 0.2) is 18.2 Å². The Balaban J connectivity index is 2.13. The summed E-state index contributed by atoms with van der Waals surface area (Å²) in [6.07, 6.45) is 2.76. The molecule has 3 heteroatoms. The van der Waals surface area contributed by atoms with Gasteiger partial charge in [0.05, 0.1) is 0 Å². The van der Waals surface area contributed by atoms with E-state index in [1.807, 2.05) is 12.1 Å². The van der Waals surface area contributed by atoms with Crippen molar-refractivity contribution in [3.8, 4) is 0 Å². The molecule has 0 heterocycles. The molecule has 18 heavy (non-hydrogen) atoms. The molecule has 100 valence electrons. The summed E-state index contributed by atoms with van der Waals surface area (Å²) < 4.78 is 0. The third-order valence-electron chi connectivity index (χ3n) is 3.42. The van der Waals surface area contributed by atoms with E-state index in [9.17, 15) is 0 Å². The molecule has 0 spiro atoms. The van der Waals surface area contributed by atoms with Crippen LogP contribution in [0.3, 0.4) is 0 Å². The van der Waals surface area contributed by atoms with Crippen LogP contribution < -0.4 is 10.2 Å². The van der Waals surface area contributed by atoms with Crippen molar-refractivity contribution in [2.24, 2.45) is 5.92 Å². The van der Waals surface area contributed by atoms with Gasteiger partial charge in [0.25, 0.3) is 0 Å². The van der Waals surface area contributed by atoms with Gasteiger partial charge in [-0.2, -0.15) is 0 Å². The van der Waals surface area contributed by atoms with Gasteiger partial charge < -0.3 is 10.2 Å². The second-order valence-corrected chi connectivity index (χ2v) is 6.00. The number of halogens is 1. The molecule has 0 saturated heterocycles.